The Morgan fingerprint density at radius 1 is 1.14 bits per heavy atom. The van der Waals surface area contributed by atoms with Gasteiger partial charge >= 0.3 is 6.18 Å². The van der Waals surface area contributed by atoms with E-state index < -0.39 is 17.3 Å². The third-order valence-electron chi connectivity index (χ3n) is 4.08. The molecule has 3 rings (SSSR count). The molecule has 0 unspecified atom stereocenters. The van der Waals surface area contributed by atoms with Crippen LogP contribution >= 0.6 is 0 Å². The molecule has 6 heteroatoms. The van der Waals surface area contributed by atoms with E-state index in [1.807, 2.05) is 6.92 Å². The average Bonchev–Trinajstić information content (AvgIpc) is 2.44. The second-order valence-electron chi connectivity index (χ2n) is 5.72. The number of anilines is 1. The molecular formula is C16H16F3N3. The van der Waals surface area contributed by atoms with E-state index >= 15 is 0 Å². The second-order valence-corrected chi connectivity index (χ2v) is 5.72. The van der Waals surface area contributed by atoms with Gasteiger partial charge in [-0.2, -0.15) is 13.2 Å². The van der Waals surface area contributed by atoms with Crippen molar-refractivity contribution in [3.63, 3.8) is 0 Å². The molecule has 2 aromatic rings. The maximum Gasteiger partial charge on any atom is 0.416 e. The van der Waals surface area contributed by atoms with Gasteiger partial charge in [-0.1, -0.05) is 12.1 Å². The topological polar surface area (TPSA) is 37.8 Å². The number of halogens is 3. The van der Waals surface area contributed by atoms with Gasteiger partial charge in [-0.05, 0) is 49.4 Å². The highest BCUT2D eigenvalue weighted by Gasteiger charge is 2.41. The van der Waals surface area contributed by atoms with Crippen LogP contribution in [0.4, 0.5) is 19.1 Å². The fourth-order valence-electron chi connectivity index (χ4n) is 2.68. The number of aryl methyl sites for hydroxylation is 1. The molecule has 0 atom stereocenters. The van der Waals surface area contributed by atoms with Gasteiger partial charge in [-0.3, -0.25) is 0 Å². The van der Waals surface area contributed by atoms with Crippen LogP contribution in [0.2, 0.25) is 0 Å². The molecule has 1 heterocycles. The van der Waals surface area contributed by atoms with Gasteiger partial charge in [0.2, 0.25) is 5.95 Å². The van der Waals surface area contributed by atoms with Crippen LogP contribution in [0, 0.1) is 6.92 Å². The third-order valence-corrected chi connectivity index (χ3v) is 4.08. The standard InChI is InChI=1S/C16H16F3N3/c1-11-9-20-14(21-10-11)22-15(6-3-7-15)12-4-2-5-13(8-12)16(17,18)19/h2,4-5,8-10H,3,6-7H2,1H3,(H,20,21,22). The first-order valence-electron chi connectivity index (χ1n) is 7.14. The van der Waals surface area contributed by atoms with E-state index in [9.17, 15) is 13.2 Å². The van der Waals surface area contributed by atoms with Gasteiger partial charge in [0.1, 0.15) is 0 Å². The smallest absolute Gasteiger partial charge is 0.345 e. The van der Waals surface area contributed by atoms with E-state index in [0.29, 0.717) is 11.5 Å². The molecule has 22 heavy (non-hydrogen) atoms. The number of benzene rings is 1. The van der Waals surface area contributed by atoms with Crippen LogP contribution in [0.3, 0.4) is 0 Å². The molecule has 0 radical (unpaired) electrons. The van der Waals surface area contributed by atoms with Crippen molar-refractivity contribution < 1.29 is 13.2 Å². The molecule has 3 nitrogen and oxygen atoms in total. The van der Waals surface area contributed by atoms with Crippen molar-refractivity contribution >= 4 is 5.95 Å². The summed E-state index contributed by atoms with van der Waals surface area (Å²) in [5, 5.41) is 3.22. The minimum absolute atomic E-state index is 0.447. The summed E-state index contributed by atoms with van der Waals surface area (Å²) in [4.78, 5) is 8.39. The molecule has 1 fully saturated rings. The molecule has 0 aliphatic heterocycles. The summed E-state index contributed by atoms with van der Waals surface area (Å²) in [5.41, 5.74) is 0.448. The van der Waals surface area contributed by atoms with Gasteiger partial charge in [-0.25, -0.2) is 9.97 Å². The number of aromatic nitrogens is 2. The number of rotatable bonds is 3. The number of hydrogen-bond donors (Lipinski definition) is 1. The number of alkyl halides is 3. The minimum Gasteiger partial charge on any atom is -0.345 e. The molecule has 0 bridgehead atoms. The fourth-order valence-corrected chi connectivity index (χ4v) is 2.68. The molecule has 1 aromatic heterocycles. The maximum atomic E-state index is 12.9. The summed E-state index contributed by atoms with van der Waals surface area (Å²) in [6.45, 7) is 1.88. The zero-order valence-corrected chi connectivity index (χ0v) is 12.1. The van der Waals surface area contributed by atoms with Gasteiger partial charge < -0.3 is 5.32 Å². The largest absolute Gasteiger partial charge is 0.416 e. The van der Waals surface area contributed by atoms with E-state index in [-0.39, 0.29) is 0 Å². The van der Waals surface area contributed by atoms with Gasteiger partial charge in [-0.15, -0.1) is 0 Å². The first kappa shape index (κ1) is 14.8. The van der Waals surface area contributed by atoms with E-state index in [0.717, 1.165) is 30.9 Å². The molecule has 0 spiro atoms. The van der Waals surface area contributed by atoms with E-state index in [1.54, 1.807) is 18.5 Å². The third kappa shape index (κ3) is 2.77. The molecule has 1 aliphatic rings. The predicted molar refractivity (Wildman–Crippen MR) is 77.4 cm³/mol. The van der Waals surface area contributed by atoms with Crippen molar-refractivity contribution in [2.45, 2.75) is 37.9 Å². The van der Waals surface area contributed by atoms with E-state index in [2.05, 4.69) is 15.3 Å². The molecule has 1 N–H and O–H groups in total. The predicted octanol–water partition coefficient (Wildman–Crippen LogP) is 4.30. The molecular weight excluding hydrogens is 291 g/mol. The average molecular weight is 307 g/mol. The quantitative estimate of drug-likeness (QED) is 0.919. The Balaban J connectivity index is 1.91. The Hall–Kier alpha value is -2.11. The Morgan fingerprint density at radius 2 is 1.82 bits per heavy atom. The highest BCUT2D eigenvalue weighted by Crippen LogP contribution is 2.44. The van der Waals surface area contributed by atoms with Crippen molar-refractivity contribution in [2.24, 2.45) is 0 Å². The zero-order valence-electron chi connectivity index (χ0n) is 12.1. The van der Waals surface area contributed by atoms with Crippen molar-refractivity contribution in [2.75, 3.05) is 5.32 Å². The van der Waals surface area contributed by atoms with Crippen LogP contribution in [0.15, 0.2) is 36.7 Å². The van der Waals surface area contributed by atoms with Crippen LogP contribution in [0.1, 0.15) is 36.0 Å². The highest BCUT2D eigenvalue weighted by atomic mass is 19.4. The van der Waals surface area contributed by atoms with Gasteiger partial charge in [0.15, 0.2) is 0 Å². The summed E-state index contributed by atoms with van der Waals surface area (Å²) < 4.78 is 38.7. The van der Waals surface area contributed by atoms with Crippen LogP contribution in [0.25, 0.3) is 0 Å². The lowest BCUT2D eigenvalue weighted by Gasteiger charge is -2.43. The number of nitrogens with zero attached hydrogens (tertiary/aromatic N) is 2. The van der Waals surface area contributed by atoms with Gasteiger partial charge in [0.05, 0.1) is 11.1 Å². The van der Waals surface area contributed by atoms with Crippen molar-refractivity contribution in [1.29, 1.82) is 0 Å². The van der Waals surface area contributed by atoms with Crippen LogP contribution in [-0.2, 0) is 11.7 Å². The fraction of sp³-hybridized carbons (Fsp3) is 0.375. The Kier molecular flexibility index (Phi) is 3.54. The SMILES string of the molecule is Cc1cnc(NC2(c3cccc(C(F)(F)F)c3)CCC2)nc1. The summed E-state index contributed by atoms with van der Waals surface area (Å²) in [5.74, 6) is 0.447. The Morgan fingerprint density at radius 3 is 2.36 bits per heavy atom. The molecule has 0 saturated heterocycles. The Bertz CT molecular complexity index is 661. The first-order chi connectivity index (χ1) is 10.4. The molecule has 0 amide bonds. The summed E-state index contributed by atoms with van der Waals surface area (Å²) in [7, 11) is 0. The van der Waals surface area contributed by atoms with E-state index in [4.69, 9.17) is 0 Å². The minimum atomic E-state index is -4.33. The lowest BCUT2D eigenvalue weighted by molar-refractivity contribution is -0.137. The van der Waals surface area contributed by atoms with Crippen LogP contribution < -0.4 is 5.32 Å². The molecule has 1 aliphatic carbocycles. The molecule has 116 valence electrons. The van der Waals surface area contributed by atoms with Crippen LogP contribution in [0.5, 0.6) is 0 Å². The van der Waals surface area contributed by atoms with Crippen LogP contribution in [-0.4, -0.2) is 9.97 Å². The van der Waals surface area contributed by atoms with Crippen molar-refractivity contribution in [3.05, 3.63) is 53.3 Å². The summed E-state index contributed by atoms with van der Waals surface area (Å²) in [6, 6.07) is 5.50. The lowest BCUT2D eigenvalue weighted by Crippen LogP contribution is -2.42. The van der Waals surface area contributed by atoms with Crippen molar-refractivity contribution in [1.82, 2.24) is 9.97 Å². The Labute approximate surface area is 126 Å². The normalized spacial score (nSPS) is 16.9. The van der Waals surface area contributed by atoms with Gasteiger partial charge in [0, 0.05) is 12.4 Å². The number of nitrogens with one attached hydrogen (secondary N) is 1. The van der Waals surface area contributed by atoms with E-state index in [1.165, 1.54) is 12.1 Å². The first-order valence-corrected chi connectivity index (χ1v) is 7.14. The maximum absolute atomic E-state index is 12.9. The lowest BCUT2D eigenvalue weighted by atomic mass is 9.71. The number of hydrogen-bond acceptors (Lipinski definition) is 3. The summed E-state index contributed by atoms with van der Waals surface area (Å²) >= 11 is 0. The van der Waals surface area contributed by atoms with Crippen molar-refractivity contribution in [3.8, 4) is 0 Å². The highest BCUT2D eigenvalue weighted by molar-refractivity contribution is 5.41. The van der Waals surface area contributed by atoms with Gasteiger partial charge in [0.25, 0.3) is 0 Å². The molecule has 1 aromatic carbocycles. The zero-order chi connectivity index (χ0) is 15.8. The monoisotopic (exact) mass is 307 g/mol. The second kappa shape index (κ2) is 5.26. The summed E-state index contributed by atoms with van der Waals surface area (Å²) in [6.07, 6.45) is 1.55. The molecule has 1 saturated carbocycles.